The monoisotopic (exact) mass is 514 g/mol. The van der Waals surface area contributed by atoms with E-state index in [0.29, 0.717) is 40.8 Å². The molecule has 3 aromatic rings. The Morgan fingerprint density at radius 1 is 1.20 bits per heavy atom. The highest BCUT2D eigenvalue weighted by molar-refractivity contribution is 8.00. The van der Waals surface area contributed by atoms with Crippen molar-refractivity contribution in [3.8, 4) is 22.1 Å². The molecule has 1 aromatic heterocycles. The summed E-state index contributed by atoms with van der Waals surface area (Å²) in [4.78, 5) is 31.4. The van der Waals surface area contributed by atoms with Crippen molar-refractivity contribution in [2.75, 3.05) is 20.0 Å². The van der Waals surface area contributed by atoms with E-state index in [0.717, 1.165) is 11.1 Å². The summed E-state index contributed by atoms with van der Waals surface area (Å²) >= 11 is 2.94. The fourth-order valence-electron chi connectivity index (χ4n) is 4.62. The molecule has 2 aliphatic heterocycles. The van der Waals surface area contributed by atoms with Gasteiger partial charge in [0, 0.05) is 17.6 Å². The van der Waals surface area contributed by atoms with Gasteiger partial charge in [-0.3, -0.25) is 4.79 Å². The van der Waals surface area contributed by atoms with Crippen molar-refractivity contribution in [2.24, 2.45) is 0 Å². The molecule has 0 saturated carbocycles. The molecule has 0 N–H and O–H groups in total. The van der Waals surface area contributed by atoms with Gasteiger partial charge < -0.3 is 19.1 Å². The summed E-state index contributed by atoms with van der Waals surface area (Å²) in [6.07, 6.45) is 0.912. The van der Waals surface area contributed by atoms with Gasteiger partial charge in [0.1, 0.15) is 28.3 Å². The largest absolute Gasteiger partial charge is 0.493 e. The first-order valence-electron chi connectivity index (χ1n) is 11.0. The highest BCUT2D eigenvalue weighted by Crippen LogP contribution is 2.54. The van der Waals surface area contributed by atoms with Crippen LogP contribution in [0.25, 0.3) is 10.6 Å². The third-order valence-corrected chi connectivity index (χ3v) is 8.76. The fourth-order valence-corrected chi connectivity index (χ4v) is 7.08. The van der Waals surface area contributed by atoms with Crippen LogP contribution in [0.3, 0.4) is 0 Å². The van der Waals surface area contributed by atoms with Gasteiger partial charge in [-0.05, 0) is 36.2 Å². The molecule has 2 fully saturated rings. The summed E-state index contributed by atoms with van der Waals surface area (Å²) in [5.74, 6) is 0.708. The normalized spacial score (nSPS) is 21.2. The number of hydrogen-bond acceptors (Lipinski definition) is 8. The summed E-state index contributed by atoms with van der Waals surface area (Å²) < 4.78 is 29.9. The maximum Gasteiger partial charge on any atom is 0.330 e. The summed E-state index contributed by atoms with van der Waals surface area (Å²) in [6, 6.07) is 11.0. The van der Waals surface area contributed by atoms with Gasteiger partial charge >= 0.3 is 5.97 Å². The fraction of sp³-hybridized carbons (Fsp3) is 0.320. The molecule has 0 radical (unpaired) electrons. The highest BCUT2D eigenvalue weighted by Gasteiger charge is 2.57. The number of carbonyl (C=O) groups is 2. The number of para-hydroxylation sites is 1. The second-order valence-corrected chi connectivity index (χ2v) is 10.3. The molecule has 35 heavy (non-hydrogen) atoms. The van der Waals surface area contributed by atoms with Gasteiger partial charge in [-0.1, -0.05) is 18.2 Å². The number of hydrogen-bond donors (Lipinski definition) is 0. The number of aromatic nitrogens is 1. The maximum atomic E-state index is 13.5. The van der Waals surface area contributed by atoms with Crippen molar-refractivity contribution in [3.63, 3.8) is 0 Å². The van der Waals surface area contributed by atoms with E-state index >= 15 is 0 Å². The van der Waals surface area contributed by atoms with Crippen LogP contribution in [-0.2, 0) is 25.8 Å². The Labute approximate surface area is 210 Å². The number of rotatable bonds is 7. The zero-order valence-electron chi connectivity index (χ0n) is 19.2. The minimum absolute atomic E-state index is 0.00559. The average molecular weight is 515 g/mol. The van der Waals surface area contributed by atoms with Crippen molar-refractivity contribution in [1.29, 1.82) is 0 Å². The van der Waals surface area contributed by atoms with Crippen molar-refractivity contribution >= 4 is 35.0 Å². The van der Waals surface area contributed by atoms with Gasteiger partial charge in [0.15, 0.2) is 11.5 Å². The van der Waals surface area contributed by atoms with Gasteiger partial charge in [0.05, 0.1) is 25.5 Å². The van der Waals surface area contributed by atoms with Crippen LogP contribution in [0.2, 0.25) is 0 Å². The first-order chi connectivity index (χ1) is 17.0. The number of methoxy groups -OCH3 is 2. The molecule has 0 aliphatic carbocycles. The Balaban J connectivity index is 1.30. The van der Waals surface area contributed by atoms with Crippen LogP contribution >= 0.6 is 23.1 Å². The molecule has 2 aromatic carbocycles. The standard InChI is InChI=1S/C25H23FN2O5S2/c1-31-20-5-3-4-18(22(20)32-2)23-27-17(13-34-23)12-33-24(30)19-14-35-25(11-10-21(29)28(19)25)15-6-8-16(26)9-7-15/h3-9,13,19H,10-12,14H2,1-2H3/t19-,25-/m0/s1. The number of nitrogens with zero attached hydrogens (tertiary/aromatic N) is 2. The summed E-state index contributed by atoms with van der Waals surface area (Å²) in [5.41, 5.74) is 2.21. The minimum Gasteiger partial charge on any atom is -0.493 e. The van der Waals surface area contributed by atoms with Crippen LogP contribution in [0.5, 0.6) is 11.5 Å². The lowest BCUT2D eigenvalue weighted by molar-refractivity contribution is -0.155. The van der Waals surface area contributed by atoms with Gasteiger partial charge in [0.25, 0.3) is 0 Å². The Hall–Kier alpha value is -3.11. The van der Waals surface area contributed by atoms with E-state index in [-0.39, 0.29) is 18.3 Å². The van der Waals surface area contributed by atoms with E-state index in [9.17, 15) is 14.0 Å². The molecule has 1 amide bonds. The minimum atomic E-state index is -0.698. The zero-order valence-corrected chi connectivity index (χ0v) is 20.8. The van der Waals surface area contributed by atoms with Crippen molar-refractivity contribution in [1.82, 2.24) is 9.88 Å². The zero-order chi connectivity index (χ0) is 24.6. The Morgan fingerprint density at radius 2 is 2.00 bits per heavy atom. The number of esters is 1. The van der Waals surface area contributed by atoms with Crippen LogP contribution < -0.4 is 9.47 Å². The average Bonchev–Trinajstić information content (AvgIpc) is 3.59. The lowest BCUT2D eigenvalue weighted by Crippen LogP contribution is -2.46. The van der Waals surface area contributed by atoms with Crippen LogP contribution in [0.15, 0.2) is 47.8 Å². The molecular weight excluding hydrogens is 491 g/mol. The van der Waals surface area contributed by atoms with Crippen LogP contribution in [0.4, 0.5) is 4.39 Å². The first-order valence-corrected chi connectivity index (χ1v) is 12.9. The van der Waals surface area contributed by atoms with Crippen LogP contribution in [0, 0.1) is 5.82 Å². The van der Waals surface area contributed by atoms with Crippen LogP contribution in [0.1, 0.15) is 24.1 Å². The molecule has 2 atom stereocenters. The Bertz CT molecular complexity index is 1260. The van der Waals surface area contributed by atoms with Crippen LogP contribution in [-0.4, -0.2) is 47.8 Å². The summed E-state index contributed by atoms with van der Waals surface area (Å²) in [7, 11) is 3.15. The van der Waals surface area contributed by atoms with Crippen molar-refractivity contribution < 1.29 is 28.2 Å². The number of ether oxygens (including phenoxy) is 3. The Morgan fingerprint density at radius 3 is 2.74 bits per heavy atom. The number of thiazole rings is 1. The lowest BCUT2D eigenvalue weighted by Gasteiger charge is -2.33. The van der Waals surface area contributed by atoms with E-state index in [2.05, 4.69) is 4.98 Å². The smallest absolute Gasteiger partial charge is 0.330 e. The predicted octanol–water partition coefficient (Wildman–Crippen LogP) is 4.60. The third kappa shape index (κ3) is 4.14. The predicted molar refractivity (Wildman–Crippen MR) is 131 cm³/mol. The molecule has 3 heterocycles. The van der Waals surface area contributed by atoms with Gasteiger partial charge in [-0.25, -0.2) is 14.2 Å². The molecular formula is C25H23FN2O5S2. The molecule has 0 spiro atoms. The third-order valence-electron chi connectivity index (χ3n) is 6.24. The number of benzene rings is 2. The Kier molecular flexibility index (Phi) is 6.41. The van der Waals surface area contributed by atoms with Gasteiger partial charge in [-0.2, -0.15) is 0 Å². The summed E-state index contributed by atoms with van der Waals surface area (Å²) in [5, 5.41) is 2.54. The number of amides is 1. The quantitative estimate of drug-likeness (QED) is 0.427. The molecule has 7 nitrogen and oxygen atoms in total. The highest BCUT2D eigenvalue weighted by atomic mass is 32.2. The molecule has 182 valence electrons. The van der Waals surface area contributed by atoms with E-state index in [1.807, 2.05) is 23.6 Å². The van der Waals surface area contributed by atoms with E-state index in [4.69, 9.17) is 14.2 Å². The molecule has 2 aliphatic rings. The number of thioether (sulfide) groups is 1. The van der Waals surface area contributed by atoms with Crippen molar-refractivity contribution in [2.45, 2.75) is 30.4 Å². The first kappa shape index (κ1) is 23.6. The second kappa shape index (κ2) is 9.50. The van der Waals surface area contributed by atoms with Crippen molar-refractivity contribution in [3.05, 3.63) is 64.9 Å². The van der Waals surface area contributed by atoms with Gasteiger partial charge in [-0.15, -0.1) is 23.1 Å². The van der Waals surface area contributed by atoms with E-state index in [1.54, 1.807) is 31.3 Å². The molecule has 10 heteroatoms. The van der Waals surface area contributed by atoms with Gasteiger partial charge in [0.2, 0.25) is 5.91 Å². The molecule has 0 unspecified atom stereocenters. The number of fused-ring (bicyclic) bond motifs is 1. The number of carbonyl (C=O) groups excluding carboxylic acids is 2. The topological polar surface area (TPSA) is 78.0 Å². The van der Waals surface area contributed by atoms with E-state index < -0.39 is 16.9 Å². The summed E-state index contributed by atoms with van der Waals surface area (Å²) in [6.45, 7) is -0.00559. The SMILES string of the molecule is COc1cccc(-c2nc(COC(=O)[C@@H]3CS[C@]4(c5ccc(F)cc5)CCC(=O)N34)cs2)c1OC. The number of halogens is 1. The lowest BCUT2D eigenvalue weighted by atomic mass is 10.0. The molecule has 5 rings (SSSR count). The second-order valence-electron chi connectivity index (χ2n) is 8.17. The molecule has 0 bridgehead atoms. The maximum absolute atomic E-state index is 13.5. The molecule has 2 saturated heterocycles. The van der Waals surface area contributed by atoms with E-state index in [1.165, 1.54) is 35.2 Å².